The number of aromatic amines is 1. The molecular formula is C16H18BrN3O3. The second kappa shape index (κ2) is 5.63. The molecule has 0 bridgehead atoms. The monoisotopic (exact) mass is 379 g/mol. The first-order valence-electron chi connectivity index (χ1n) is 7.83. The summed E-state index contributed by atoms with van der Waals surface area (Å²) in [5, 5.41) is 13.8. The minimum Gasteiger partial charge on any atom is -0.491 e. The van der Waals surface area contributed by atoms with E-state index in [4.69, 9.17) is 4.74 Å². The molecule has 1 saturated heterocycles. The summed E-state index contributed by atoms with van der Waals surface area (Å²) >= 11 is 3.52. The summed E-state index contributed by atoms with van der Waals surface area (Å²) in [7, 11) is 0. The highest BCUT2D eigenvalue weighted by atomic mass is 79.9. The Morgan fingerprint density at radius 1 is 1.43 bits per heavy atom. The number of carboxylic acids is 1. The van der Waals surface area contributed by atoms with Gasteiger partial charge in [0.1, 0.15) is 18.2 Å². The first-order chi connectivity index (χ1) is 11.1. The van der Waals surface area contributed by atoms with Gasteiger partial charge in [-0.2, -0.15) is 0 Å². The molecule has 2 aromatic rings. The van der Waals surface area contributed by atoms with Crippen molar-refractivity contribution in [2.45, 2.75) is 12.8 Å². The van der Waals surface area contributed by atoms with Gasteiger partial charge in [-0.3, -0.25) is 4.79 Å². The summed E-state index contributed by atoms with van der Waals surface area (Å²) in [5.41, 5.74) is 2.01. The standard InChI is InChI=1S/C16H18BrN3O3/c17-10-6-11-13-12(7-10)23-5-3-18-14(13)15(19-11)20-4-1-2-9(8-20)16(21)22/h6-7,9,18-19H,1-5,8H2,(H,21,22). The SMILES string of the molecule is O=C(O)C1CCCN(c2[nH]c3cc(Br)cc4c3c2NCCO4)C1. The number of rotatable bonds is 2. The van der Waals surface area contributed by atoms with Crippen molar-refractivity contribution < 1.29 is 14.6 Å². The van der Waals surface area contributed by atoms with Crippen LogP contribution < -0.4 is 15.0 Å². The normalized spacial score (nSPS) is 20.7. The van der Waals surface area contributed by atoms with Crippen LogP contribution in [0.5, 0.6) is 5.75 Å². The van der Waals surface area contributed by atoms with Gasteiger partial charge < -0.3 is 25.0 Å². The van der Waals surface area contributed by atoms with Crippen LogP contribution in [-0.2, 0) is 4.79 Å². The van der Waals surface area contributed by atoms with Gasteiger partial charge in [0, 0.05) is 24.1 Å². The molecule has 0 amide bonds. The molecule has 0 aliphatic carbocycles. The molecule has 122 valence electrons. The number of anilines is 2. The molecular weight excluding hydrogens is 362 g/mol. The summed E-state index contributed by atoms with van der Waals surface area (Å²) in [6, 6.07) is 4.01. The lowest BCUT2D eigenvalue weighted by Gasteiger charge is -2.32. The third-order valence-corrected chi connectivity index (χ3v) is 5.01. The Morgan fingerprint density at radius 3 is 3.13 bits per heavy atom. The molecule has 1 fully saturated rings. The van der Waals surface area contributed by atoms with E-state index in [0.717, 1.165) is 58.6 Å². The van der Waals surface area contributed by atoms with E-state index in [0.29, 0.717) is 13.2 Å². The third-order valence-electron chi connectivity index (χ3n) is 4.56. The van der Waals surface area contributed by atoms with E-state index in [2.05, 4.69) is 31.1 Å². The maximum Gasteiger partial charge on any atom is 0.308 e. The van der Waals surface area contributed by atoms with Crippen molar-refractivity contribution in [3.63, 3.8) is 0 Å². The van der Waals surface area contributed by atoms with Gasteiger partial charge in [0.25, 0.3) is 0 Å². The number of nitrogens with one attached hydrogen (secondary N) is 2. The topological polar surface area (TPSA) is 77.6 Å². The molecule has 1 atom stereocenters. The van der Waals surface area contributed by atoms with E-state index in [1.807, 2.05) is 12.1 Å². The summed E-state index contributed by atoms with van der Waals surface area (Å²) in [6.45, 7) is 2.73. The van der Waals surface area contributed by atoms with Crippen LogP contribution in [0.25, 0.3) is 10.9 Å². The van der Waals surface area contributed by atoms with Crippen LogP contribution in [0.3, 0.4) is 0 Å². The van der Waals surface area contributed by atoms with E-state index in [-0.39, 0.29) is 5.92 Å². The summed E-state index contributed by atoms with van der Waals surface area (Å²) in [5.74, 6) is 0.798. The van der Waals surface area contributed by atoms with Crippen molar-refractivity contribution in [3.05, 3.63) is 16.6 Å². The summed E-state index contributed by atoms with van der Waals surface area (Å²) in [6.07, 6.45) is 1.63. The van der Waals surface area contributed by atoms with E-state index in [1.54, 1.807) is 0 Å². The predicted molar refractivity (Wildman–Crippen MR) is 92.6 cm³/mol. The molecule has 23 heavy (non-hydrogen) atoms. The lowest BCUT2D eigenvalue weighted by molar-refractivity contribution is -0.141. The van der Waals surface area contributed by atoms with E-state index in [9.17, 15) is 9.90 Å². The minimum atomic E-state index is -0.712. The summed E-state index contributed by atoms with van der Waals surface area (Å²) in [4.78, 5) is 16.9. The number of hydrogen-bond acceptors (Lipinski definition) is 4. The number of ether oxygens (including phenoxy) is 1. The van der Waals surface area contributed by atoms with Gasteiger partial charge in [0.05, 0.1) is 22.5 Å². The Morgan fingerprint density at radius 2 is 2.30 bits per heavy atom. The zero-order valence-corrected chi connectivity index (χ0v) is 14.1. The van der Waals surface area contributed by atoms with Gasteiger partial charge >= 0.3 is 5.97 Å². The molecule has 4 rings (SSSR count). The van der Waals surface area contributed by atoms with Crippen LogP contribution >= 0.6 is 15.9 Å². The number of piperidine rings is 1. The Balaban J connectivity index is 1.80. The van der Waals surface area contributed by atoms with Gasteiger partial charge in [-0.15, -0.1) is 0 Å². The molecule has 0 radical (unpaired) electrons. The highest BCUT2D eigenvalue weighted by Crippen LogP contribution is 2.43. The number of carbonyl (C=O) groups is 1. The Bertz CT molecular complexity index is 774. The van der Waals surface area contributed by atoms with Crippen molar-refractivity contribution >= 4 is 44.3 Å². The van der Waals surface area contributed by atoms with Gasteiger partial charge in [-0.05, 0) is 25.0 Å². The second-order valence-corrected chi connectivity index (χ2v) is 6.99. The van der Waals surface area contributed by atoms with Crippen LogP contribution in [0.15, 0.2) is 16.6 Å². The number of carboxylic acid groups (broad SMARTS) is 1. The molecule has 1 unspecified atom stereocenters. The Hall–Kier alpha value is -1.89. The van der Waals surface area contributed by atoms with Crippen molar-refractivity contribution in [2.24, 2.45) is 5.92 Å². The van der Waals surface area contributed by atoms with E-state index < -0.39 is 5.97 Å². The number of nitrogens with zero attached hydrogens (tertiary/aromatic N) is 1. The van der Waals surface area contributed by atoms with Crippen molar-refractivity contribution in [3.8, 4) is 5.75 Å². The van der Waals surface area contributed by atoms with Gasteiger partial charge in [-0.25, -0.2) is 0 Å². The number of halogens is 1. The van der Waals surface area contributed by atoms with Crippen molar-refractivity contribution in [1.29, 1.82) is 0 Å². The van der Waals surface area contributed by atoms with Crippen molar-refractivity contribution in [2.75, 3.05) is 36.5 Å². The first-order valence-corrected chi connectivity index (χ1v) is 8.62. The zero-order valence-electron chi connectivity index (χ0n) is 12.6. The fourth-order valence-corrected chi connectivity index (χ4v) is 3.93. The maximum atomic E-state index is 11.3. The number of H-pyrrole nitrogens is 1. The van der Waals surface area contributed by atoms with E-state index in [1.165, 1.54) is 0 Å². The number of aliphatic carboxylic acids is 1. The first kappa shape index (κ1) is 14.7. The van der Waals surface area contributed by atoms with Gasteiger partial charge in [-0.1, -0.05) is 15.9 Å². The molecule has 1 aromatic carbocycles. The fourth-order valence-electron chi connectivity index (χ4n) is 3.49. The molecule has 6 nitrogen and oxygen atoms in total. The highest BCUT2D eigenvalue weighted by molar-refractivity contribution is 9.10. The molecule has 2 aliphatic rings. The van der Waals surface area contributed by atoms with Crippen LogP contribution in [0.1, 0.15) is 12.8 Å². The van der Waals surface area contributed by atoms with Crippen LogP contribution in [0.4, 0.5) is 11.5 Å². The molecule has 3 N–H and O–H groups in total. The lowest BCUT2D eigenvalue weighted by atomic mass is 9.98. The van der Waals surface area contributed by atoms with Crippen LogP contribution in [0, 0.1) is 5.92 Å². The van der Waals surface area contributed by atoms with Crippen LogP contribution in [0.2, 0.25) is 0 Å². The number of benzene rings is 1. The lowest BCUT2D eigenvalue weighted by Crippen LogP contribution is -2.39. The number of hydrogen-bond donors (Lipinski definition) is 3. The minimum absolute atomic E-state index is 0.310. The molecule has 0 spiro atoms. The quantitative estimate of drug-likeness (QED) is 0.747. The smallest absolute Gasteiger partial charge is 0.308 e. The Labute approximate surface area is 141 Å². The highest BCUT2D eigenvalue weighted by Gasteiger charge is 2.29. The van der Waals surface area contributed by atoms with Gasteiger partial charge in [0.2, 0.25) is 0 Å². The van der Waals surface area contributed by atoms with E-state index >= 15 is 0 Å². The second-order valence-electron chi connectivity index (χ2n) is 6.07. The average Bonchev–Trinajstić information content (AvgIpc) is 2.75. The molecule has 0 saturated carbocycles. The fraction of sp³-hybridized carbons (Fsp3) is 0.438. The molecule has 7 heteroatoms. The Kier molecular flexibility index (Phi) is 3.60. The average molecular weight is 380 g/mol. The van der Waals surface area contributed by atoms with Crippen LogP contribution in [-0.4, -0.2) is 42.3 Å². The van der Waals surface area contributed by atoms with Gasteiger partial charge in [0.15, 0.2) is 0 Å². The molecule has 1 aromatic heterocycles. The maximum absolute atomic E-state index is 11.3. The molecule has 2 aliphatic heterocycles. The largest absolute Gasteiger partial charge is 0.491 e. The third kappa shape index (κ3) is 2.52. The predicted octanol–water partition coefficient (Wildman–Crippen LogP) is 3.04. The zero-order chi connectivity index (χ0) is 16.0. The number of aromatic nitrogens is 1. The van der Waals surface area contributed by atoms with Crippen molar-refractivity contribution in [1.82, 2.24) is 4.98 Å². The molecule has 3 heterocycles. The summed E-state index contributed by atoms with van der Waals surface area (Å²) < 4.78 is 6.80.